The van der Waals surface area contributed by atoms with E-state index in [9.17, 15) is 0 Å². The third kappa shape index (κ3) is 2.51. The Bertz CT molecular complexity index is 470. The van der Waals surface area contributed by atoms with Gasteiger partial charge in [-0.25, -0.2) is 4.98 Å². The maximum atomic E-state index is 6.02. The van der Waals surface area contributed by atoms with Crippen LogP contribution in [0.2, 0.25) is 5.15 Å². The van der Waals surface area contributed by atoms with Crippen LogP contribution in [0.4, 0.5) is 5.69 Å². The van der Waals surface area contributed by atoms with Crippen LogP contribution >= 0.6 is 22.9 Å². The molecule has 2 aromatic heterocycles. The Morgan fingerprint density at radius 3 is 2.94 bits per heavy atom. The molecular weight excluding hydrogens is 242 g/mol. The molecule has 84 valence electrons. The molecule has 1 unspecified atom stereocenters. The van der Waals surface area contributed by atoms with Crippen molar-refractivity contribution in [3.05, 3.63) is 39.6 Å². The highest BCUT2D eigenvalue weighted by molar-refractivity contribution is 7.09. The van der Waals surface area contributed by atoms with Crippen molar-refractivity contribution < 1.29 is 0 Å². The summed E-state index contributed by atoms with van der Waals surface area (Å²) in [5.41, 5.74) is 3.77. The van der Waals surface area contributed by atoms with Gasteiger partial charge in [0.15, 0.2) is 5.15 Å². The van der Waals surface area contributed by atoms with Gasteiger partial charge >= 0.3 is 0 Å². The lowest BCUT2D eigenvalue weighted by molar-refractivity contribution is 0.901. The third-order valence-electron chi connectivity index (χ3n) is 2.23. The van der Waals surface area contributed by atoms with Gasteiger partial charge in [0.05, 0.1) is 17.2 Å². The van der Waals surface area contributed by atoms with Crippen molar-refractivity contribution in [2.24, 2.45) is 0 Å². The zero-order chi connectivity index (χ0) is 11.5. The minimum Gasteiger partial charge on any atom is -0.375 e. The van der Waals surface area contributed by atoms with Gasteiger partial charge in [-0.2, -0.15) is 0 Å². The lowest BCUT2D eigenvalue weighted by Gasteiger charge is -2.14. The predicted octanol–water partition coefficient (Wildman–Crippen LogP) is 3.67. The summed E-state index contributed by atoms with van der Waals surface area (Å²) in [4.78, 5) is 9.34. The summed E-state index contributed by atoms with van der Waals surface area (Å²) in [5, 5.41) is 3.83. The number of rotatable bonds is 3. The molecule has 0 aliphatic heterocycles. The van der Waals surface area contributed by atoms with Gasteiger partial charge in [0.25, 0.3) is 0 Å². The summed E-state index contributed by atoms with van der Waals surface area (Å²) in [6.45, 7) is 4.07. The smallest absolute Gasteiger partial charge is 0.152 e. The summed E-state index contributed by atoms with van der Waals surface area (Å²) in [6.07, 6.45) is 3.62. The van der Waals surface area contributed by atoms with Crippen molar-refractivity contribution in [1.82, 2.24) is 9.97 Å². The van der Waals surface area contributed by atoms with Gasteiger partial charge in [0, 0.05) is 17.3 Å². The second kappa shape index (κ2) is 4.80. The van der Waals surface area contributed by atoms with Crippen LogP contribution in [-0.4, -0.2) is 9.97 Å². The zero-order valence-corrected chi connectivity index (χ0v) is 10.6. The average Bonchev–Trinajstić information content (AvgIpc) is 2.76. The van der Waals surface area contributed by atoms with Crippen LogP contribution in [0.5, 0.6) is 0 Å². The van der Waals surface area contributed by atoms with E-state index in [1.807, 2.05) is 24.7 Å². The molecule has 0 bridgehead atoms. The summed E-state index contributed by atoms with van der Waals surface area (Å²) < 4.78 is 0. The van der Waals surface area contributed by atoms with Crippen molar-refractivity contribution in [3.8, 4) is 0 Å². The van der Waals surface area contributed by atoms with Gasteiger partial charge in [-0.05, 0) is 25.5 Å². The number of aromatic nitrogens is 2. The molecule has 16 heavy (non-hydrogen) atoms. The fourth-order valence-electron chi connectivity index (χ4n) is 1.40. The number of anilines is 1. The molecule has 0 aliphatic rings. The Morgan fingerprint density at radius 2 is 2.25 bits per heavy atom. The normalized spacial score (nSPS) is 12.4. The molecule has 5 heteroatoms. The van der Waals surface area contributed by atoms with E-state index in [1.165, 1.54) is 4.88 Å². The van der Waals surface area contributed by atoms with Crippen LogP contribution in [-0.2, 0) is 0 Å². The average molecular weight is 254 g/mol. The van der Waals surface area contributed by atoms with Crippen LogP contribution in [0.15, 0.2) is 24.0 Å². The molecule has 1 N–H and O–H groups in total. The van der Waals surface area contributed by atoms with Crippen molar-refractivity contribution in [2.45, 2.75) is 19.9 Å². The van der Waals surface area contributed by atoms with Crippen molar-refractivity contribution >= 4 is 28.6 Å². The van der Waals surface area contributed by atoms with E-state index in [0.29, 0.717) is 5.15 Å². The van der Waals surface area contributed by atoms with E-state index in [0.717, 1.165) is 11.3 Å². The standard InChI is InChI=1S/C11H12ClN3S/c1-7-3-9(11(12)14-4-7)15-8(2)10-5-13-6-16-10/h3-6,8,15H,1-2H3. The Balaban J connectivity index is 2.17. The molecule has 0 radical (unpaired) electrons. The SMILES string of the molecule is Cc1cnc(Cl)c(NC(C)c2cncs2)c1. The Kier molecular flexibility index (Phi) is 3.41. The largest absolute Gasteiger partial charge is 0.375 e. The van der Waals surface area contributed by atoms with Crippen LogP contribution in [0.3, 0.4) is 0 Å². The molecule has 2 aromatic rings. The minimum absolute atomic E-state index is 0.189. The van der Waals surface area contributed by atoms with E-state index >= 15 is 0 Å². The molecule has 0 spiro atoms. The molecule has 2 rings (SSSR count). The molecule has 1 atom stereocenters. The first-order chi connectivity index (χ1) is 7.66. The second-order valence-corrected chi connectivity index (χ2v) is 4.90. The van der Waals surface area contributed by atoms with Gasteiger partial charge in [-0.3, -0.25) is 4.98 Å². The molecular formula is C11H12ClN3S. The molecule has 0 amide bonds. The summed E-state index contributed by atoms with van der Waals surface area (Å²) in [7, 11) is 0. The van der Waals surface area contributed by atoms with E-state index in [-0.39, 0.29) is 6.04 Å². The van der Waals surface area contributed by atoms with E-state index in [2.05, 4.69) is 22.2 Å². The Morgan fingerprint density at radius 1 is 1.44 bits per heavy atom. The molecule has 0 fully saturated rings. The van der Waals surface area contributed by atoms with Crippen LogP contribution < -0.4 is 5.32 Å². The lowest BCUT2D eigenvalue weighted by atomic mass is 10.2. The van der Waals surface area contributed by atoms with E-state index in [4.69, 9.17) is 11.6 Å². The highest BCUT2D eigenvalue weighted by Crippen LogP contribution is 2.26. The van der Waals surface area contributed by atoms with Crippen molar-refractivity contribution in [2.75, 3.05) is 5.32 Å². The molecule has 0 saturated heterocycles. The number of pyridine rings is 1. The van der Waals surface area contributed by atoms with E-state index < -0.39 is 0 Å². The quantitative estimate of drug-likeness (QED) is 0.848. The Labute approximate surface area is 104 Å². The fourth-order valence-corrected chi connectivity index (χ4v) is 2.18. The van der Waals surface area contributed by atoms with Crippen LogP contribution in [0.1, 0.15) is 23.4 Å². The first-order valence-corrected chi connectivity index (χ1v) is 6.19. The monoisotopic (exact) mass is 253 g/mol. The Hall–Kier alpha value is -1.13. The summed E-state index contributed by atoms with van der Waals surface area (Å²) in [6, 6.07) is 2.18. The number of aryl methyl sites for hydroxylation is 1. The molecule has 0 aromatic carbocycles. The van der Waals surface area contributed by atoms with E-state index in [1.54, 1.807) is 17.5 Å². The van der Waals surface area contributed by atoms with Crippen molar-refractivity contribution in [1.29, 1.82) is 0 Å². The zero-order valence-electron chi connectivity index (χ0n) is 9.07. The molecule has 2 heterocycles. The molecule has 3 nitrogen and oxygen atoms in total. The van der Waals surface area contributed by atoms with Crippen LogP contribution in [0, 0.1) is 6.92 Å². The number of nitrogens with zero attached hydrogens (tertiary/aromatic N) is 2. The van der Waals surface area contributed by atoms with Crippen LogP contribution in [0.25, 0.3) is 0 Å². The fraction of sp³-hybridized carbons (Fsp3) is 0.273. The third-order valence-corrected chi connectivity index (χ3v) is 3.49. The van der Waals surface area contributed by atoms with Gasteiger partial charge < -0.3 is 5.32 Å². The van der Waals surface area contributed by atoms with Crippen molar-refractivity contribution in [3.63, 3.8) is 0 Å². The first-order valence-electron chi connectivity index (χ1n) is 4.94. The highest BCUT2D eigenvalue weighted by Gasteiger charge is 2.09. The number of hydrogen-bond donors (Lipinski definition) is 1. The topological polar surface area (TPSA) is 37.8 Å². The second-order valence-electron chi connectivity index (χ2n) is 3.62. The maximum Gasteiger partial charge on any atom is 0.152 e. The first kappa shape index (κ1) is 11.4. The maximum absolute atomic E-state index is 6.02. The predicted molar refractivity (Wildman–Crippen MR) is 68.1 cm³/mol. The molecule has 0 aliphatic carbocycles. The number of halogens is 1. The molecule has 0 saturated carbocycles. The number of hydrogen-bond acceptors (Lipinski definition) is 4. The minimum atomic E-state index is 0.189. The number of thiazole rings is 1. The summed E-state index contributed by atoms with van der Waals surface area (Å²) >= 11 is 7.64. The lowest BCUT2D eigenvalue weighted by Crippen LogP contribution is -2.06. The van der Waals surface area contributed by atoms with Gasteiger partial charge in [-0.15, -0.1) is 11.3 Å². The van der Waals surface area contributed by atoms with Gasteiger partial charge in [-0.1, -0.05) is 11.6 Å². The van der Waals surface area contributed by atoms with Gasteiger partial charge in [0.2, 0.25) is 0 Å². The highest BCUT2D eigenvalue weighted by atomic mass is 35.5. The summed E-state index contributed by atoms with van der Waals surface area (Å²) in [5.74, 6) is 0. The number of nitrogens with one attached hydrogen (secondary N) is 1. The van der Waals surface area contributed by atoms with Gasteiger partial charge in [0.1, 0.15) is 0 Å².